The maximum atomic E-state index is 6.01. The van der Waals surface area contributed by atoms with Gasteiger partial charge in [-0.3, -0.25) is 4.68 Å². The van der Waals surface area contributed by atoms with E-state index in [1.54, 1.807) is 10.9 Å². The molecule has 0 atom stereocenters. The topological polar surface area (TPSA) is 39.1 Å². The van der Waals surface area contributed by atoms with E-state index in [0.29, 0.717) is 5.15 Å². The van der Waals surface area contributed by atoms with Crippen molar-refractivity contribution in [3.05, 3.63) is 11.3 Å². The maximum Gasteiger partial charge on any atom is 0.149 e. The van der Waals surface area contributed by atoms with Gasteiger partial charge in [0, 0.05) is 19.0 Å². The predicted molar refractivity (Wildman–Crippen MR) is 55.6 cm³/mol. The Labute approximate surface area is 88.2 Å². The number of hydrogen-bond acceptors (Lipinski definition) is 3. The molecule has 0 radical (unpaired) electrons. The molecule has 0 saturated carbocycles. The third kappa shape index (κ3) is 1.72. The van der Waals surface area contributed by atoms with Crippen molar-refractivity contribution in [2.75, 3.05) is 25.1 Å². The third-order valence-electron chi connectivity index (χ3n) is 2.47. The fourth-order valence-corrected chi connectivity index (χ4v) is 1.56. The summed E-state index contributed by atoms with van der Waals surface area (Å²) in [5, 5.41) is 7.98. The Morgan fingerprint density at radius 2 is 2.43 bits per heavy atom. The average molecular weight is 216 g/mol. The molecule has 4 nitrogen and oxygen atoms in total. The first-order valence-corrected chi connectivity index (χ1v) is 4.98. The van der Waals surface area contributed by atoms with E-state index in [1.807, 2.05) is 7.05 Å². The quantitative estimate of drug-likeness (QED) is 0.831. The molecule has 14 heavy (non-hydrogen) atoms. The molecule has 0 unspecified atom stereocenters. The normalized spacial score (nSPS) is 19.1. The number of nitrogens with zero attached hydrogens (tertiary/aromatic N) is 2. The van der Waals surface area contributed by atoms with Crippen molar-refractivity contribution < 1.29 is 4.74 Å². The Balaban J connectivity index is 1.94. The van der Waals surface area contributed by atoms with Gasteiger partial charge >= 0.3 is 0 Å². The van der Waals surface area contributed by atoms with Crippen LogP contribution < -0.4 is 5.32 Å². The van der Waals surface area contributed by atoms with Crippen molar-refractivity contribution in [1.29, 1.82) is 0 Å². The lowest BCUT2D eigenvalue weighted by Gasteiger charge is -2.38. The van der Waals surface area contributed by atoms with Gasteiger partial charge in [0.15, 0.2) is 0 Å². The SMILES string of the molecule is Cn1ncc(NCC2(C)COC2)c1Cl. The second kappa shape index (κ2) is 3.44. The minimum Gasteiger partial charge on any atom is -0.381 e. The first kappa shape index (κ1) is 9.80. The fraction of sp³-hybridized carbons (Fsp3) is 0.667. The second-order valence-electron chi connectivity index (χ2n) is 4.13. The zero-order chi connectivity index (χ0) is 10.2. The molecule has 5 heteroatoms. The Morgan fingerprint density at radius 1 is 1.71 bits per heavy atom. The number of ether oxygens (including phenoxy) is 1. The molecule has 0 aromatic carbocycles. The molecule has 1 aromatic rings. The van der Waals surface area contributed by atoms with Crippen LogP contribution in [0.3, 0.4) is 0 Å². The number of aryl methyl sites for hydroxylation is 1. The molecule has 2 heterocycles. The standard InChI is InChI=1S/C9H14ClN3O/c1-9(5-14-6-9)4-11-7-3-12-13(2)8(7)10/h3,11H,4-6H2,1-2H3. The van der Waals surface area contributed by atoms with Crippen molar-refractivity contribution in [2.24, 2.45) is 12.5 Å². The van der Waals surface area contributed by atoms with Gasteiger partial charge < -0.3 is 10.1 Å². The number of anilines is 1. The lowest BCUT2D eigenvalue weighted by atomic mass is 9.89. The van der Waals surface area contributed by atoms with Gasteiger partial charge in [-0.05, 0) is 0 Å². The van der Waals surface area contributed by atoms with Crippen LogP contribution in [0.5, 0.6) is 0 Å². The molecule has 0 bridgehead atoms. The molecular formula is C9H14ClN3O. The van der Waals surface area contributed by atoms with Crippen molar-refractivity contribution in [1.82, 2.24) is 9.78 Å². The van der Waals surface area contributed by atoms with E-state index in [-0.39, 0.29) is 5.41 Å². The minimum atomic E-state index is 0.249. The molecular weight excluding hydrogens is 202 g/mol. The summed E-state index contributed by atoms with van der Waals surface area (Å²) >= 11 is 6.01. The molecule has 0 aliphatic carbocycles. The van der Waals surface area contributed by atoms with Gasteiger partial charge in [-0.25, -0.2) is 0 Å². The molecule has 0 spiro atoms. The summed E-state index contributed by atoms with van der Waals surface area (Å²) < 4.78 is 6.81. The van der Waals surface area contributed by atoms with Gasteiger partial charge in [-0.1, -0.05) is 18.5 Å². The summed E-state index contributed by atoms with van der Waals surface area (Å²) in [5.74, 6) is 0. The molecule has 1 N–H and O–H groups in total. The lowest BCUT2D eigenvalue weighted by Crippen LogP contribution is -2.45. The van der Waals surface area contributed by atoms with Crippen molar-refractivity contribution in [2.45, 2.75) is 6.92 Å². The van der Waals surface area contributed by atoms with E-state index >= 15 is 0 Å². The Morgan fingerprint density at radius 3 is 2.86 bits per heavy atom. The van der Waals surface area contributed by atoms with Crippen molar-refractivity contribution in [3.8, 4) is 0 Å². The van der Waals surface area contributed by atoms with Crippen LogP contribution >= 0.6 is 11.6 Å². The van der Waals surface area contributed by atoms with Crippen LogP contribution in [0.15, 0.2) is 6.20 Å². The van der Waals surface area contributed by atoms with Gasteiger partial charge in [0.25, 0.3) is 0 Å². The van der Waals surface area contributed by atoms with E-state index in [4.69, 9.17) is 16.3 Å². The van der Waals surface area contributed by atoms with Crippen LogP contribution in [-0.4, -0.2) is 29.5 Å². The predicted octanol–water partition coefficient (Wildman–Crippen LogP) is 1.52. The summed E-state index contributed by atoms with van der Waals surface area (Å²) in [6, 6.07) is 0. The van der Waals surface area contributed by atoms with Gasteiger partial charge in [0.2, 0.25) is 0 Å². The fourth-order valence-electron chi connectivity index (χ4n) is 1.40. The Kier molecular flexibility index (Phi) is 2.41. The van der Waals surface area contributed by atoms with Gasteiger partial charge in [0.05, 0.1) is 25.1 Å². The number of hydrogen-bond donors (Lipinski definition) is 1. The van der Waals surface area contributed by atoms with Crippen LogP contribution in [0.25, 0.3) is 0 Å². The van der Waals surface area contributed by atoms with Gasteiger partial charge in [-0.2, -0.15) is 5.10 Å². The number of halogens is 1. The summed E-state index contributed by atoms with van der Waals surface area (Å²) in [5.41, 5.74) is 1.14. The third-order valence-corrected chi connectivity index (χ3v) is 2.92. The molecule has 1 aliphatic rings. The number of aromatic nitrogens is 2. The van der Waals surface area contributed by atoms with Crippen LogP contribution in [0.1, 0.15) is 6.92 Å². The van der Waals surface area contributed by atoms with Crippen LogP contribution in [0.4, 0.5) is 5.69 Å². The highest BCUT2D eigenvalue weighted by molar-refractivity contribution is 6.32. The Hall–Kier alpha value is -0.740. The van der Waals surface area contributed by atoms with Crippen molar-refractivity contribution in [3.63, 3.8) is 0 Å². The lowest BCUT2D eigenvalue weighted by molar-refractivity contribution is -0.0924. The first-order chi connectivity index (χ1) is 6.61. The highest BCUT2D eigenvalue weighted by Gasteiger charge is 2.33. The zero-order valence-corrected chi connectivity index (χ0v) is 9.14. The molecule has 1 fully saturated rings. The summed E-state index contributed by atoms with van der Waals surface area (Å²) in [4.78, 5) is 0. The average Bonchev–Trinajstić information content (AvgIpc) is 2.42. The number of nitrogens with one attached hydrogen (secondary N) is 1. The summed E-state index contributed by atoms with van der Waals surface area (Å²) in [6.45, 7) is 4.70. The molecule has 1 saturated heterocycles. The molecule has 0 amide bonds. The summed E-state index contributed by atoms with van der Waals surface area (Å²) in [7, 11) is 1.82. The molecule has 2 rings (SSSR count). The van der Waals surface area contributed by atoms with Crippen LogP contribution in [0.2, 0.25) is 5.15 Å². The molecule has 1 aromatic heterocycles. The zero-order valence-electron chi connectivity index (χ0n) is 8.38. The highest BCUT2D eigenvalue weighted by Crippen LogP contribution is 2.28. The van der Waals surface area contributed by atoms with E-state index in [0.717, 1.165) is 25.4 Å². The number of rotatable bonds is 3. The van der Waals surface area contributed by atoms with E-state index < -0.39 is 0 Å². The maximum absolute atomic E-state index is 6.01. The monoisotopic (exact) mass is 215 g/mol. The van der Waals surface area contributed by atoms with Crippen molar-refractivity contribution >= 4 is 17.3 Å². The van der Waals surface area contributed by atoms with E-state index in [2.05, 4.69) is 17.3 Å². The second-order valence-corrected chi connectivity index (χ2v) is 4.49. The first-order valence-electron chi connectivity index (χ1n) is 4.60. The van der Waals surface area contributed by atoms with E-state index in [9.17, 15) is 0 Å². The minimum absolute atomic E-state index is 0.249. The van der Waals surface area contributed by atoms with Crippen LogP contribution in [0, 0.1) is 5.41 Å². The van der Waals surface area contributed by atoms with Gasteiger partial charge in [0.1, 0.15) is 5.15 Å². The highest BCUT2D eigenvalue weighted by atomic mass is 35.5. The Bertz CT molecular complexity index is 333. The van der Waals surface area contributed by atoms with Gasteiger partial charge in [-0.15, -0.1) is 0 Å². The smallest absolute Gasteiger partial charge is 0.149 e. The largest absolute Gasteiger partial charge is 0.381 e. The summed E-state index contributed by atoms with van der Waals surface area (Å²) in [6.07, 6.45) is 1.74. The van der Waals surface area contributed by atoms with E-state index in [1.165, 1.54) is 0 Å². The molecule has 1 aliphatic heterocycles. The molecule has 78 valence electrons. The van der Waals surface area contributed by atoms with Crippen LogP contribution in [-0.2, 0) is 11.8 Å².